The summed E-state index contributed by atoms with van der Waals surface area (Å²) in [6.07, 6.45) is 0. The Kier molecular flexibility index (Phi) is 5.95. The minimum absolute atomic E-state index is 0.406. The van der Waals surface area contributed by atoms with Crippen LogP contribution in [-0.4, -0.2) is 23.1 Å². The molecular weight excluding hydrogens is 332 g/mol. The van der Waals surface area contributed by atoms with Crippen LogP contribution in [0, 0.1) is 0 Å². The van der Waals surface area contributed by atoms with Gasteiger partial charge in [-0.15, -0.1) is 0 Å². The summed E-state index contributed by atoms with van der Waals surface area (Å²) in [5, 5.41) is 6.49. The number of halogens is 1. The first-order chi connectivity index (χ1) is 10.2. The summed E-state index contributed by atoms with van der Waals surface area (Å²) in [5.41, 5.74) is 0.966. The number of hydrogen-bond acceptors (Lipinski definition) is 5. The van der Waals surface area contributed by atoms with Crippen molar-refractivity contribution in [2.24, 2.45) is 0 Å². The van der Waals surface area contributed by atoms with E-state index in [0.29, 0.717) is 19.0 Å². The van der Waals surface area contributed by atoms with Crippen molar-refractivity contribution >= 4 is 33.3 Å². The van der Waals surface area contributed by atoms with Gasteiger partial charge in [-0.25, -0.2) is 9.97 Å². The molecule has 0 fully saturated rings. The van der Waals surface area contributed by atoms with Crippen LogP contribution < -0.4 is 10.6 Å². The molecule has 1 heterocycles. The molecule has 0 aliphatic rings. The fourth-order valence-electron chi connectivity index (χ4n) is 1.80. The smallest absolute Gasteiger partial charge is 0.158 e. The largest absolute Gasteiger partial charge is 0.374 e. The van der Waals surface area contributed by atoms with Gasteiger partial charge in [-0.2, -0.15) is 0 Å². The summed E-state index contributed by atoms with van der Waals surface area (Å²) in [5.74, 6) is 2.20. The van der Waals surface area contributed by atoms with Crippen LogP contribution in [0.1, 0.15) is 19.7 Å². The summed E-state index contributed by atoms with van der Waals surface area (Å²) >= 11 is 3.46. The van der Waals surface area contributed by atoms with Crippen molar-refractivity contribution in [1.29, 1.82) is 0 Å². The van der Waals surface area contributed by atoms with Crippen LogP contribution in [0.3, 0.4) is 0 Å². The molecule has 0 radical (unpaired) electrons. The second-order valence-electron chi connectivity index (χ2n) is 4.36. The zero-order valence-electron chi connectivity index (χ0n) is 12.2. The second kappa shape index (κ2) is 7.95. The Hall–Kier alpha value is -1.66. The molecule has 0 amide bonds. The Bertz CT molecular complexity index is 592. The van der Waals surface area contributed by atoms with Gasteiger partial charge in [0.15, 0.2) is 5.82 Å². The number of aromatic nitrogens is 2. The van der Waals surface area contributed by atoms with Crippen molar-refractivity contribution < 1.29 is 4.74 Å². The van der Waals surface area contributed by atoms with E-state index in [1.807, 2.05) is 44.2 Å². The number of rotatable bonds is 7. The van der Waals surface area contributed by atoms with Crippen molar-refractivity contribution in [3.63, 3.8) is 0 Å². The van der Waals surface area contributed by atoms with Crippen LogP contribution >= 0.6 is 15.9 Å². The quantitative estimate of drug-likeness (QED) is 0.791. The van der Waals surface area contributed by atoms with E-state index in [2.05, 4.69) is 36.5 Å². The Morgan fingerprint density at radius 1 is 1.14 bits per heavy atom. The van der Waals surface area contributed by atoms with Gasteiger partial charge in [-0.3, -0.25) is 0 Å². The molecule has 0 aliphatic heterocycles. The molecule has 0 aliphatic carbocycles. The highest BCUT2D eigenvalue weighted by Gasteiger charge is 2.05. The van der Waals surface area contributed by atoms with Crippen molar-refractivity contribution in [3.8, 4) is 0 Å². The third-order valence-corrected chi connectivity index (χ3v) is 3.16. The molecule has 5 nitrogen and oxygen atoms in total. The van der Waals surface area contributed by atoms with Gasteiger partial charge in [0.2, 0.25) is 0 Å². The number of hydrogen-bond donors (Lipinski definition) is 2. The number of benzene rings is 1. The Labute approximate surface area is 133 Å². The highest BCUT2D eigenvalue weighted by molar-refractivity contribution is 9.10. The first-order valence-electron chi connectivity index (χ1n) is 6.93. The third kappa shape index (κ3) is 4.99. The van der Waals surface area contributed by atoms with Crippen LogP contribution in [-0.2, 0) is 11.3 Å². The molecule has 0 saturated heterocycles. The SMILES string of the molecule is CCNc1cc(Nc2cccc(Br)c2)nc(COCC)n1. The van der Waals surface area contributed by atoms with Gasteiger partial charge in [-0.1, -0.05) is 22.0 Å². The lowest BCUT2D eigenvalue weighted by Gasteiger charge is -2.11. The molecule has 2 rings (SSSR count). The average Bonchev–Trinajstić information content (AvgIpc) is 2.45. The fraction of sp³-hybridized carbons (Fsp3) is 0.333. The Balaban J connectivity index is 2.22. The molecule has 6 heteroatoms. The maximum Gasteiger partial charge on any atom is 0.158 e. The maximum atomic E-state index is 5.39. The molecule has 1 aromatic carbocycles. The van der Waals surface area contributed by atoms with E-state index in [1.165, 1.54) is 0 Å². The molecule has 0 atom stereocenters. The van der Waals surface area contributed by atoms with E-state index in [9.17, 15) is 0 Å². The van der Waals surface area contributed by atoms with Gasteiger partial charge in [0.25, 0.3) is 0 Å². The van der Waals surface area contributed by atoms with E-state index in [0.717, 1.165) is 28.3 Å². The van der Waals surface area contributed by atoms with E-state index in [-0.39, 0.29) is 0 Å². The zero-order chi connectivity index (χ0) is 15.1. The average molecular weight is 351 g/mol. The molecule has 0 saturated carbocycles. The van der Waals surface area contributed by atoms with Crippen LogP contribution in [0.25, 0.3) is 0 Å². The third-order valence-electron chi connectivity index (χ3n) is 2.66. The zero-order valence-corrected chi connectivity index (χ0v) is 13.8. The monoisotopic (exact) mass is 350 g/mol. The van der Waals surface area contributed by atoms with Crippen molar-refractivity contribution in [1.82, 2.24) is 9.97 Å². The van der Waals surface area contributed by atoms with Crippen LogP contribution in [0.4, 0.5) is 17.3 Å². The fourth-order valence-corrected chi connectivity index (χ4v) is 2.20. The lowest BCUT2D eigenvalue weighted by Crippen LogP contribution is -2.07. The van der Waals surface area contributed by atoms with Crippen LogP contribution in [0.2, 0.25) is 0 Å². The van der Waals surface area contributed by atoms with E-state index >= 15 is 0 Å². The molecule has 2 aromatic rings. The molecule has 1 aromatic heterocycles. The van der Waals surface area contributed by atoms with E-state index < -0.39 is 0 Å². The summed E-state index contributed by atoms with van der Waals surface area (Å²) in [6, 6.07) is 9.83. The second-order valence-corrected chi connectivity index (χ2v) is 5.27. The number of nitrogens with zero attached hydrogens (tertiary/aromatic N) is 2. The minimum atomic E-state index is 0.406. The van der Waals surface area contributed by atoms with E-state index in [1.54, 1.807) is 0 Å². The van der Waals surface area contributed by atoms with Crippen LogP contribution in [0.5, 0.6) is 0 Å². The topological polar surface area (TPSA) is 59.1 Å². The lowest BCUT2D eigenvalue weighted by atomic mass is 10.3. The van der Waals surface area contributed by atoms with Crippen LogP contribution in [0.15, 0.2) is 34.8 Å². The Morgan fingerprint density at radius 2 is 1.95 bits per heavy atom. The number of nitrogens with one attached hydrogen (secondary N) is 2. The predicted octanol–water partition coefficient (Wildman–Crippen LogP) is 3.95. The first-order valence-corrected chi connectivity index (χ1v) is 7.72. The molecule has 0 unspecified atom stereocenters. The summed E-state index contributed by atoms with van der Waals surface area (Å²) < 4.78 is 6.41. The number of ether oxygens (including phenoxy) is 1. The first kappa shape index (κ1) is 15.7. The molecule has 0 bridgehead atoms. The molecule has 0 spiro atoms. The summed E-state index contributed by atoms with van der Waals surface area (Å²) in [6.45, 7) is 5.84. The summed E-state index contributed by atoms with van der Waals surface area (Å²) in [4.78, 5) is 8.90. The summed E-state index contributed by atoms with van der Waals surface area (Å²) in [7, 11) is 0. The molecular formula is C15H19BrN4O. The van der Waals surface area contributed by atoms with Gasteiger partial charge in [0.05, 0.1) is 0 Å². The minimum Gasteiger partial charge on any atom is -0.374 e. The van der Waals surface area contributed by atoms with Gasteiger partial charge in [0, 0.05) is 29.4 Å². The standard InChI is InChI=1S/C15H19BrN4O/c1-3-17-13-9-14(20-15(19-13)10-21-4-2)18-12-7-5-6-11(16)8-12/h5-9H,3-4,10H2,1-2H3,(H2,17,18,19,20). The van der Waals surface area contributed by atoms with Crippen molar-refractivity contribution in [2.75, 3.05) is 23.8 Å². The highest BCUT2D eigenvalue weighted by atomic mass is 79.9. The predicted molar refractivity (Wildman–Crippen MR) is 89.0 cm³/mol. The maximum absolute atomic E-state index is 5.39. The van der Waals surface area contributed by atoms with Gasteiger partial charge < -0.3 is 15.4 Å². The van der Waals surface area contributed by atoms with Gasteiger partial charge in [0.1, 0.15) is 18.2 Å². The van der Waals surface area contributed by atoms with Crippen molar-refractivity contribution in [2.45, 2.75) is 20.5 Å². The highest BCUT2D eigenvalue weighted by Crippen LogP contribution is 2.21. The Morgan fingerprint density at radius 3 is 2.67 bits per heavy atom. The molecule has 112 valence electrons. The van der Waals surface area contributed by atoms with E-state index in [4.69, 9.17) is 4.74 Å². The molecule has 2 N–H and O–H groups in total. The van der Waals surface area contributed by atoms with Crippen molar-refractivity contribution in [3.05, 3.63) is 40.6 Å². The number of anilines is 3. The van der Waals surface area contributed by atoms with Gasteiger partial charge in [-0.05, 0) is 32.0 Å². The lowest BCUT2D eigenvalue weighted by molar-refractivity contribution is 0.128. The molecule has 21 heavy (non-hydrogen) atoms. The van der Waals surface area contributed by atoms with Gasteiger partial charge >= 0.3 is 0 Å². The normalized spacial score (nSPS) is 10.4.